The second kappa shape index (κ2) is 12.2. The molecule has 4 aromatic rings. The van der Waals surface area contributed by atoms with Gasteiger partial charge in [0.15, 0.2) is 11.5 Å². The normalized spacial score (nSPS) is 10.8. The number of nitrogens with zero attached hydrogens (tertiary/aromatic N) is 1. The van der Waals surface area contributed by atoms with Crippen molar-refractivity contribution in [3.8, 4) is 17.2 Å². The molecule has 0 saturated carbocycles. The maximum atomic E-state index is 12.4. The number of hydrazone groups is 1. The predicted octanol–water partition coefficient (Wildman–Crippen LogP) is 4.32. The predicted molar refractivity (Wildman–Crippen MR) is 142 cm³/mol. The van der Waals surface area contributed by atoms with Crippen LogP contribution in [0.25, 0.3) is 10.8 Å². The molecule has 0 radical (unpaired) electrons. The molecule has 0 aliphatic heterocycles. The summed E-state index contributed by atoms with van der Waals surface area (Å²) in [7, 11) is 3.00. The molecule has 0 atom stereocenters. The Morgan fingerprint density at radius 2 is 1.57 bits per heavy atom. The molecule has 0 aliphatic carbocycles. The van der Waals surface area contributed by atoms with Gasteiger partial charge in [0.1, 0.15) is 12.4 Å². The summed E-state index contributed by atoms with van der Waals surface area (Å²) in [6, 6.07) is 26.3. The molecule has 0 unspecified atom stereocenters. The van der Waals surface area contributed by atoms with Crippen LogP contribution in [-0.2, 0) is 11.4 Å². The fourth-order valence-corrected chi connectivity index (χ4v) is 3.72. The molecule has 0 fully saturated rings. The Balaban J connectivity index is 1.41. The lowest BCUT2D eigenvalue weighted by Crippen LogP contribution is -2.34. The van der Waals surface area contributed by atoms with E-state index in [4.69, 9.17) is 14.2 Å². The van der Waals surface area contributed by atoms with Crippen molar-refractivity contribution in [3.05, 3.63) is 102 Å². The summed E-state index contributed by atoms with van der Waals surface area (Å²) in [5, 5.41) is 8.64. The summed E-state index contributed by atoms with van der Waals surface area (Å²) in [5.41, 5.74) is 4.58. The molecule has 4 rings (SSSR count). The van der Waals surface area contributed by atoms with Crippen molar-refractivity contribution in [1.82, 2.24) is 10.7 Å². The third-order valence-electron chi connectivity index (χ3n) is 5.61. The van der Waals surface area contributed by atoms with E-state index in [1.54, 1.807) is 24.4 Å². The molecular formula is C29H27N3O5. The van der Waals surface area contributed by atoms with Crippen molar-refractivity contribution in [1.29, 1.82) is 0 Å². The Bertz CT molecular complexity index is 1420. The molecule has 2 amide bonds. The van der Waals surface area contributed by atoms with Gasteiger partial charge >= 0.3 is 0 Å². The minimum atomic E-state index is -0.475. The van der Waals surface area contributed by atoms with Gasteiger partial charge in [-0.2, -0.15) is 5.10 Å². The number of rotatable bonds is 10. The number of hydrogen-bond acceptors (Lipinski definition) is 6. The lowest BCUT2D eigenvalue weighted by atomic mass is 10.0. The highest BCUT2D eigenvalue weighted by atomic mass is 16.5. The summed E-state index contributed by atoms with van der Waals surface area (Å²) in [6.07, 6.45) is 1.55. The van der Waals surface area contributed by atoms with Gasteiger partial charge in [-0.1, -0.05) is 60.7 Å². The molecule has 8 nitrogen and oxygen atoms in total. The smallest absolute Gasteiger partial charge is 0.259 e. The van der Waals surface area contributed by atoms with Crippen LogP contribution in [0.15, 0.2) is 90.0 Å². The molecule has 37 heavy (non-hydrogen) atoms. The third kappa shape index (κ3) is 6.43. The number of amides is 2. The van der Waals surface area contributed by atoms with E-state index in [-0.39, 0.29) is 6.54 Å². The van der Waals surface area contributed by atoms with E-state index in [1.807, 2.05) is 66.7 Å². The summed E-state index contributed by atoms with van der Waals surface area (Å²) in [6.45, 7) is 0.145. The lowest BCUT2D eigenvalue weighted by Gasteiger charge is -2.12. The first-order valence-corrected chi connectivity index (χ1v) is 11.6. The molecule has 0 aliphatic rings. The van der Waals surface area contributed by atoms with Crippen molar-refractivity contribution in [2.45, 2.75) is 6.61 Å². The molecule has 8 heteroatoms. The van der Waals surface area contributed by atoms with Crippen LogP contribution in [0, 0.1) is 0 Å². The van der Waals surface area contributed by atoms with Gasteiger partial charge in [0, 0.05) is 11.1 Å². The van der Waals surface area contributed by atoms with Gasteiger partial charge in [-0.05, 0) is 40.6 Å². The average molecular weight is 498 g/mol. The summed E-state index contributed by atoms with van der Waals surface area (Å²) in [5.74, 6) is 0.668. The molecule has 0 spiro atoms. The zero-order chi connectivity index (χ0) is 26.0. The van der Waals surface area contributed by atoms with Crippen LogP contribution in [0.3, 0.4) is 0 Å². The summed E-state index contributed by atoms with van der Waals surface area (Å²) in [4.78, 5) is 24.8. The molecular weight excluding hydrogens is 470 g/mol. The van der Waals surface area contributed by atoms with Crippen LogP contribution in [0.1, 0.15) is 21.5 Å². The lowest BCUT2D eigenvalue weighted by molar-refractivity contribution is -0.120. The van der Waals surface area contributed by atoms with E-state index < -0.39 is 11.8 Å². The fraction of sp³-hybridized carbons (Fsp3) is 0.138. The molecule has 2 N–H and O–H groups in total. The van der Waals surface area contributed by atoms with Gasteiger partial charge in [0.25, 0.3) is 11.8 Å². The first-order chi connectivity index (χ1) is 18.1. The number of nitrogens with one attached hydrogen (secondary N) is 2. The molecule has 188 valence electrons. The second-order valence-electron chi connectivity index (χ2n) is 8.02. The van der Waals surface area contributed by atoms with Crippen molar-refractivity contribution < 1.29 is 23.8 Å². The highest BCUT2D eigenvalue weighted by Gasteiger charge is 2.12. The van der Waals surface area contributed by atoms with Gasteiger partial charge < -0.3 is 19.5 Å². The van der Waals surface area contributed by atoms with E-state index in [0.29, 0.717) is 29.4 Å². The van der Waals surface area contributed by atoms with E-state index in [9.17, 15) is 9.59 Å². The first kappa shape index (κ1) is 25.2. The molecule has 0 aromatic heterocycles. The number of fused-ring (bicyclic) bond motifs is 1. The maximum Gasteiger partial charge on any atom is 0.259 e. The minimum Gasteiger partial charge on any atom is -0.493 e. The second-order valence-corrected chi connectivity index (χ2v) is 8.02. The van der Waals surface area contributed by atoms with Crippen LogP contribution in [0.4, 0.5) is 0 Å². The van der Waals surface area contributed by atoms with Crippen molar-refractivity contribution >= 4 is 28.8 Å². The Morgan fingerprint density at radius 1 is 0.838 bits per heavy atom. The Hall–Kier alpha value is -4.85. The van der Waals surface area contributed by atoms with Crippen LogP contribution in [0.5, 0.6) is 17.2 Å². The van der Waals surface area contributed by atoms with Crippen molar-refractivity contribution in [2.75, 3.05) is 20.8 Å². The summed E-state index contributed by atoms with van der Waals surface area (Å²) < 4.78 is 16.5. The number of ether oxygens (including phenoxy) is 3. The molecule has 0 bridgehead atoms. The van der Waals surface area contributed by atoms with Gasteiger partial charge in [0.05, 0.1) is 27.0 Å². The number of methoxy groups -OCH3 is 2. The zero-order valence-electron chi connectivity index (χ0n) is 20.6. The standard InChI is InChI=1S/C29H27N3O5/c1-35-26-15-13-22(16-27(26)36-2)29(34)30-18-28(33)32-31-17-24-23-11-7-6-10-21(23)12-14-25(24)37-19-20-8-4-3-5-9-20/h3-17H,18-19H2,1-2H3,(H,30,34)(H,32,33)/b31-17+. The van der Waals surface area contributed by atoms with Crippen LogP contribution < -0.4 is 25.0 Å². The van der Waals surface area contributed by atoms with Crippen LogP contribution in [0.2, 0.25) is 0 Å². The van der Waals surface area contributed by atoms with E-state index in [1.165, 1.54) is 14.2 Å². The van der Waals surface area contributed by atoms with Crippen molar-refractivity contribution in [3.63, 3.8) is 0 Å². The Labute approximate surface area is 214 Å². The quantitative estimate of drug-likeness (QED) is 0.251. The topological polar surface area (TPSA) is 98.2 Å². The number of carbonyl (C=O) groups is 2. The first-order valence-electron chi connectivity index (χ1n) is 11.6. The largest absolute Gasteiger partial charge is 0.493 e. The molecule has 4 aromatic carbocycles. The number of benzene rings is 4. The van der Waals surface area contributed by atoms with Gasteiger partial charge in [-0.15, -0.1) is 0 Å². The van der Waals surface area contributed by atoms with Crippen LogP contribution >= 0.6 is 0 Å². The molecule has 0 saturated heterocycles. The average Bonchev–Trinajstić information content (AvgIpc) is 2.95. The highest BCUT2D eigenvalue weighted by molar-refractivity contribution is 6.03. The number of carbonyl (C=O) groups excluding carboxylic acids is 2. The highest BCUT2D eigenvalue weighted by Crippen LogP contribution is 2.28. The summed E-state index contributed by atoms with van der Waals surface area (Å²) >= 11 is 0. The fourth-order valence-electron chi connectivity index (χ4n) is 3.72. The van der Waals surface area contributed by atoms with Gasteiger partial charge in [0.2, 0.25) is 0 Å². The zero-order valence-corrected chi connectivity index (χ0v) is 20.6. The van der Waals surface area contributed by atoms with E-state index in [2.05, 4.69) is 15.8 Å². The molecule has 0 heterocycles. The Morgan fingerprint density at radius 3 is 2.35 bits per heavy atom. The maximum absolute atomic E-state index is 12.4. The monoisotopic (exact) mass is 497 g/mol. The van der Waals surface area contributed by atoms with E-state index in [0.717, 1.165) is 21.9 Å². The third-order valence-corrected chi connectivity index (χ3v) is 5.61. The van der Waals surface area contributed by atoms with E-state index >= 15 is 0 Å². The number of hydrogen-bond donors (Lipinski definition) is 2. The SMILES string of the molecule is COc1ccc(C(=O)NCC(=O)N/N=C/c2c(OCc3ccccc3)ccc3ccccc23)cc1OC. The Kier molecular flexibility index (Phi) is 8.33. The van der Waals surface area contributed by atoms with Gasteiger partial charge in [-0.3, -0.25) is 9.59 Å². The van der Waals surface area contributed by atoms with Crippen molar-refractivity contribution in [2.24, 2.45) is 5.10 Å². The van der Waals surface area contributed by atoms with Gasteiger partial charge in [-0.25, -0.2) is 5.43 Å². The minimum absolute atomic E-state index is 0.253. The van der Waals surface area contributed by atoms with Crippen LogP contribution in [-0.4, -0.2) is 38.8 Å².